The van der Waals surface area contributed by atoms with E-state index < -0.39 is 0 Å². The van der Waals surface area contributed by atoms with E-state index in [9.17, 15) is 0 Å². The summed E-state index contributed by atoms with van der Waals surface area (Å²) in [4.78, 5) is 2.35. The average molecular weight is 604 g/mol. The van der Waals surface area contributed by atoms with Crippen molar-refractivity contribution in [1.29, 1.82) is 0 Å². The van der Waals surface area contributed by atoms with E-state index in [0.29, 0.717) is 0 Å². The van der Waals surface area contributed by atoms with Crippen LogP contribution in [-0.4, -0.2) is 0 Å². The van der Waals surface area contributed by atoms with Gasteiger partial charge in [0.1, 0.15) is 11.3 Å². The summed E-state index contributed by atoms with van der Waals surface area (Å²) in [5, 5.41) is 1.14. The van der Waals surface area contributed by atoms with E-state index in [0.717, 1.165) is 44.9 Å². The lowest BCUT2D eigenvalue weighted by atomic mass is 9.99. The molecule has 0 fully saturated rings. The predicted octanol–water partition coefficient (Wildman–Crippen LogP) is 12.9. The van der Waals surface area contributed by atoms with Crippen LogP contribution in [0.4, 0.5) is 17.1 Å². The molecule has 0 spiro atoms. The van der Waals surface area contributed by atoms with Crippen molar-refractivity contribution in [3.8, 4) is 44.7 Å². The molecule has 0 aliphatic carbocycles. The third-order valence-electron chi connectivity index (χ3n) is 8.89. The Morgan fingerprint density at radius 2 is 0.936 bits per heavy atom. The zero-order chi connectivity index (χ0) is 31.6. The second-order valence-corrected chi connectivity index (χ2v) is 11.8. The first-order valence-corrected chi connectivity index (χ1v) is 16.0. The smallest absolute Gasteiger partial charge is 0.138 e. The minimum absolute atomic E-state index is 0.902. The Bertz CT molecular complexity index is 2280. The van der Waals surface area contributed by atoms with Crippen molar-refractivity contribution in [2.45, 2.75) is 6.92 Å². The van der Waals surface area contributed by atoms with Crippen molar-refractivity contribution in [3.05, 3.63) is 188 Å². The number of aryl methyl sites for hydroxylation is 1. The van der Waals surface area contributed by atoms with Gasteiger partial charge in [-0.05, 0) is 71.1 Å². The maximum atomic E-state index is 6.41. The maximum absolute atomic E-state index is 6.41. The molecule has 7 aromatic carbocycles. The lowest BCUT2D eigenvalue weighted by molar-refractivity contribution is 0.629. The molecular weight excluding hydrogens is 571 g/mol. The molecule has 224 valence electrons. The van der Waals surface area contributed by atoms with Crippen LogP contribution >= 0.6 is 0 Å². The number of rotatable bonds is 7. The van der Waals surface area contributed by atoms with Gasteiger partial charge in [-0.25, -0.2) is 0 Å². The van der Waals surface area contributed by atoms with Gasteiger partial charge in [0, 0.05) is 33.5 Å². The van der Waals surface area contributed by atoms with Crippen molar-refractivity contribution in [3.63, 3.8) is 0 Å². The van der Waals surface area contributed by atoms with Crippen LogP contribution in [0.25, 0.3) is 55.7 Å². The van der Waals surface area contributed by atoms with Gasteiger partial charge >= 0.3 is 0 Å². The Balaban J connectivity index is 1.22. The molecule has 2 heteroatoms. The van der Waals surface area contributed by atoms with E-state index in [1.807, 2.05) is 12.1 Å². The topological polar surface area (TPSA) is 16.4 Å². The molecule has 0 aliphatic heterocycles. The molecule has 1 heterocycles. The molecular formula is C45H33NO. The highest BCUT2D eigenvalue weighted by molar-refractivity contribution is 5.91. The van der Waals surface area contributed by atoms with Gasteiger partial charge in [-0.2, -0.15) is 0 Å². The molecule has 0 atom stereocenters. The van der Waals surface area contributed by atoms with E-state index in [2.05, 4.69) is 182 Å². The molecule has 0 amide bonds. The summed E-state index contributed by atoms with van der Waals surface area (Å²) >= 11 is 0. The van der Waals surface area contributed by atoms with Crippen LogP contribution in [0.15, 0.2) is 186 Å². The van der Waals surface area contributed by atoms with Crippen LogP contribution < -0.4 is 4.90 Å². The first-order chi connectivity index (χ1) is 23.2. The van der Waals surface area contributed by atoms with Crippen molar-refractivity contribution in [2.24, 2.45) is 0 Å². The van der Waals surface area contributed by atoms with E-state index in [4.69, 9.17) is 4.42 Å². The molecule has 0 bridgehead atoms. The Labute approximate surface area is 275 Å². The monoisotopic (exact) mass is 603 g/mol. The van der Waals surface area contributed by atoms with Crippen LogP contribution in [0.3, 0.4) is 0 Å². The lowest BCUT2D eigenvalue weighted by Gasteiger charge is -2.28. The molecule has 1 aromatic heterocycles. The Kier molecular flexibility index (Phi) is 7.45. The standard InChI is InChI=1S/C45H33NO/c1-32-41-19-9-11-22-44(41)47-45(32)38-17-12-18-40(31-38)46(43-21-10-8-20-42(43)37-15-6-3-7-16-37)39-29-27-36(28-30-39)35-25-23-34(24-26-35)33-13-4-2-5-14-33/h2-31H,1H3. The highest BCUT2D eigenvalue weighted by atomic mass is 16.3. The van der Waals surface area contributed by atoms with Gasteiger partial charge in [0.05, 0.1) is 5.69 Å². The molecule has 0 saturated carbocycles. The molecule has 0 unspecified atom stereocenters. The quantitative estimate of drug-likeness (QED) is 0.180. The van der Waals surface area contributed by atoms with E-state index in [1.165, 1.54) is 33.4 Å². The molecule has 0 aliphatic rings. The van der Waals surface area contributed by atoms with Gasteiger partial charge in [-0.1, -0.05) is 146 Å². The molecule has 0 radical (unpaired) electrons. The number of benzene rings is 7. The second-order valence-electron chi connectivity index (χ2n) is 11.8. The normalized spacial score (nSPS) is 11.1. The van der Waals surface area contributed by atoms with Crippen molar-refractivity contribution in [1.82, 2.24) is 0 Å². The first-order valence-electron chi connectivity index (χ1n) is 16.0. The van der Waals surface area contributed by atoms with Crippen LogP contribution in [0.1, 0.15) is 5.56 Å². The summed E-state index contributed by atoms with van der Waals surface area (Å²) < 4.78 is 6.41. The van der Waals surface area contributed by atoms with Crippen LogP contribution in [-0.2, 0) is 0 Å². The lowest BCUT2D eigenvalue weighted by Crippen LogP contribution is -2.11. The molecule has 0 N–H and O–H groups in total. The van der Waals surface area contributed by atoms with Crippen LogP contribution in [0.5, 0.6) is 0 Å². The third kappa shape index (κ3) is 5.51. The number of hydrogen-bond donors (Lipinski definition) is 0. The Morgan fingerprint density at radius 3 is 1.62 bits per heavy atom. The summed E-state index contributed by atoms with van der Waals surface area (Å²) in [5.41, 5.74) is 13.5. The maximum Gasteiger partial charge on any atom is 0.138 e. The first kappa shape index (κ1) is 28.4. The zero-order valence-corrected chi connectivity index (χ0v) is 26.2. The third-order valence-corrected chi connectivity index (χ3v) is 8.89. The molecule has 8 aromatic rings. The van der Waals surface area contributed by atoms with Gasteiger partial charge in [0.2, 0.25) is 0 Å². The molecule has 47 heavy (non-hydrogen) atoms. The zero-order valence-electron chi connectivity index (χ0n) is 26.2. The number of fused-ring (bicyclic) bond motifs is 1. The van der Waals surface area contributed by atoms with Crippen LogP contribution in [0.2, 0.25) is 0 Å². The number of hydrogen-bond acceptors (Lipinski definition) is 2. The largest absolute Gasteiger partial charge is 0.456 e. The van der Waals surface area contributed by atoms with Gasteiger partial charge < -0.3 is 9.32 Å². The summed E-state index contributed by atoms with van der Waals surface area (Å²) in [6, 6.07) is 64.4. The number of para-hydroxylation sites is 2. The highest BCUT2D eigenvalue weighted by Gasteiger charge is 2.19. The van der Waals surface area contributed by atoms with E-state index in [-0.39, 0.29) is 0 Å². The minimum atomic E-state index is 0.902. The highest BCUT2D eigenvalue weighted by Crippen LogP contribution is 2.43. The summed E-state index contributed by atoms with van der Waals surface area (Å²) in [7, 11) is 0. The second kappa shape index (κ2) is 12.3. The number of nitrogens with zero attached hydrogens (tertiary/aromatic N) is 1. The van der Waals surface area contributed by atoms with E-state index >= 15 is 0 Å². The van der Waals surface area contributed by atoms with Gasteiger partial charge in [0.25, 0.3) is 0 Å². The van der Waals surface area contributed by atoms with Gasteiger partial charge in [-0.15, -0.1) is 0 Å². The summed E-state index contributed by atoms with van der Waals surface area (Å²) in [6.45, 7) is 2.14. The van der Waals surface area contributed by atoms with E-state index in [1.54, 1.807) is 0 Å². The minimum Gasteiger partial charge on any atom is -0.456 e. The summed E-state index contributed by atoms with van der Waals surface area (Å²) in [6.07, 6.45) is 0. The van der Waals surface area contributed by atoms with Crippen LogP contribution in [0, 0.1) is 6.92 Å². The Hall–Kier alpha value is -6.12. The fraction of sp³-hybridized carbons (Fsp3) is 0.0222. The molecule has 8 rings (SSSR count). The van der Waals surface area contributed by atoms with Gasteiger partial charge in [0.15, 0.2) is 0 Å². The molecule has 2 nitrogen and oxygen atoms in total. The molecule has 0 saturated heterocycles. The Morgan fingerprint density at radius 1 is 0.404 bits per heavy atom. The van der Waals surface area contributed by atoms with Crippen molar-refractivity contribution < 1.29 is 4.42 Å². The SMILES string of the molecule is Cc1c(-c2cccc(N(c3ccc(-c4ccc(-c5ccccc5)cc4)cc3)c3ccccc3-c3ccccc3)c2)oc2ccccc12. The fourth-order valence-electron chi connectivity index (χ4n) is 6.48. The van der Waals surface area contributed by atoms with Gasteiger partial charge in [-0.3, -0.25) is 0 Å². The summed E-state index contributed by atoms with van der Waals surface area (Å²) in [5.74, 6) is 0.902. The van der Waals surface area contributed by atoms with Crippen molar-refractivity contribution >= 4 is 28.0 Å². The van der Waals surface area contributed by atoms with Crippen molar-refractivity contribution in [2.75, 3.05) is 4.90 Å². The number of anilines is 3. The average Bonchev–Trinajstić information content (AvgIpc) is 3.49. The fourth-order valence-corrected chi connectivity index (χ4v) is 6.48. The predicted molar refractivity (Wildman–Crippen MR) is 197 cm³/mol. The number of furan rings is 1.